The molecule has 4 N–H and O–H groups in total. The van der Waals surface area contributed by atoms with E-state index < -0.39 is 12.1 Å². The zero-order chi connectivity index (χ0) is 15.9. The van der Waals surface area contributed by atoms with Gasteiger partial charge in [0.2, 0.25) is 0 Å². The number of thiophene rings is 1. The van der Waals surface area contributed by atoms with Gasteiger partial charge in [-0.3, -0.25) is 10.2 Å². The molecule has 0 saturated heterocycles. The summed E-state index contributed by atoms with van der Waals surface area (Å²) in [6.45, 7) is -0.135. The molecule has 2 rings (SSSR count). The summed E-state index contributed by atoms with van der Waals surface area (Å²) < 4.78 is 0. The summed E-state index contributed by atoms with van der Waals surface area (Å²) in [4.78, 5) is 16.5. The van der Waals surface area contributed by atoms with Crippen LogP contribution in [0.2, 0.25) is 0 Å². The number of nitrogens with two attached hydrogens (primary N) is 1. The number of hydrogen-bond acceptors (Lipinski definition) is 5. The Morgan fingerprint density at radius 1 is 1.36 bits per heavy atom. The van der Waals surface area contributed by atoms with E-state index in [0.717, 1.165) is 9.75 Å². The van der Waals surface area contributed by atoms with Crippen molar-refractivity contribution in [3.8, 4) is 11.8 Å². The number of hydrogen-bond donors (Lipinski definition) is 3. The number of primary amides is 1. The zero-order valence-corrected chi connectivity index (χ0v) is 12.5. The summed E-state index contributed by atoms with van der Waals surface area (Å²) >= 11 is 1.44. The highest BCUT2D eigenvalue weighted by atomic mass is 32.1. The van der Waals surface area contributed by atoms with Crippen LogP contribution >= 0.6 is 11.3 Å². The molecule has 0 fully saturated rings. The van der Waals surface area contributed by atoms with E-state index in [1.807, 2.05) is 18.2 Å². The van der Waals surface area contributed by atoms with Crippen molar-refractivity contribution in [1.29, 1.82) is 0 Å². The number of carbonyl (C=O) groups is 1. The summed E-state index contributed by atoms with van der Waals surface area (Å²) in [5.41, 5.74) is 5.46. The van der Waals surface area contributed by atoms with Crippen LogP contribution in [0.3, 0.4) is 0 Å². The molecule has 6 nitrogen and oxygen atoms in total. The van der Waals surface area contributed by atoms with E-state index in [1.54, 1.807) is 18.3 Å². The Bertz CT molecular complexity index is 691. The first kappa shape index (κ1) is 16.0. The Labute approximate surface area is 131 Å². The van der Waals surface area contributed by atoms with Crippen molar-refractivity contribution in [2.45, 2.75) is 12.5 Å². The number of aliphatic hydroxyl groups is 1. The number of rotatable bonds is 4. The summed E-state index contributed by atoms with van der Waals surface area (Å²) in [7, 11) is 0. The van der Waals surface area contributed by atoms with Crippen LogP contribution in [0.25, 0.3) is 0 Å². The lowest BCUT2D eigenvalue weighted by molar-refractivity contribution is -0.0269. The predicted octanol–water partition coefficient (Wildman–Crippen LogP) is 1.54. The first-order valence-corrected chi connectivity index (χ1v) is 7.28. The highest BCUT2D eigenvalue weighted by Gasteiger charge is 2.13. The number of urea groups is 1. The minimum atomic E-state index is -0.939. The molecule has 22 heavy (non-hydrogen) atoms. The van der Waals surface area contributed by atoms with Gasteiger partial charge in [0.1, 0.15) is 12.6 Å². The van der Waals surface area contributed by atoms with Crippen molar-refractivity contribution < 1.29 is 15.1 Å². The molecule has 2 aromatic heterocycles. The first-order valence-electron chi connectivity index (χ1n) is 6.47. The van der Waals surface area contributed by atoms with Crippen LogP contribution in [-0.2, 0) is 6.42 Å². The maximum atomic E-state index is 10.6. The van der Waals surface area contributed by atoms with Crippen LogP contribution in [0.5, 0.6) is 0 Å². The summed E-state index contributed by atoms with van der Waals surface area (Å²) in [5.74, 6) is 5.48. The molecule has 0 radical (unpaired) electrons. The minimum Gasteiger partial charge on any atom is -0.381 e. The lowest BCUT2D eigenvalue weighted by Gasteiger charge is -2.06. The molecule has 0 saturated carbocycles. The Morgan fingerprint density at radius 2 is 2.18 bits per heavy atom. The van der Waals surface area contributed by atoms with Crippen LogP contribution in [0.1, 0.15) is 21.6 Å². The van der Waals surface area contributed by atoms with Gasteiger partial charge in [-0.1, -0.05) is 17.9 Å². The van der Waals surface area contributed by atoms with Crippen molar-refractivity contribution in [3.05, 3.63) is 52.0 Å². The van der Waals surface area contributed by atoms with E-state index in [9.17, 15) is 9.90 Å². The normalized spacial score (nSPS) is 11.4. The van der Waals surface area contributed by atoms with Crippen molar-refractivity contribution in [2.24, 2.45) is 5.73 Å². The monoisotopic (exact) mass is 317 g/mol. The number of pyridine rings is 1. The molecule has 0 bridgehead atoms. The molecule has 2 aromatic rings. The number of nitrogens with zero attached hydrogens (tertiary/aromatic N) is 2. The molecule has 0 aromatic carbocycles. The van der Waals surface area contributed by atoms with E-state index in [2.05, 4.69) is 16.8 Å². The molecule has 2 amide bonds. The molecule has 1 atom stereocenters. The smallest absolute Gasteiger partial charge is 0.339 e. The van der Waals surface area contributed by atoms with Gasteiger partial charge in [0, 0.05) is 22.4 Å². The van der Waals surface area contributed by atoms with Gasteiger partial charge >= 0.3 is 6.03 Å². The van der Waals surface area contributed by atoms with Crippen LogP contribution < -0.4 is 5.73 Å². The lowest BCUT2D eigenvalue weighted by Crippen LogP contribution is -2.32. The summed E-state index contributed by atoms with van der Waals surface area (Å²) in [6.07, 6.45) is 1.35. The Morgan fingerprint density at radius 3 is 2.86 bits per heavy atom. The standard InChI is InChI=1S/C15H15N3O3S/c16-15(20)18(21)10-4-2-5-11-7-8-13(22-11)14(19)12-6-1-3-9-17-12/h1,3,6-9,14,19,21H,5,10H2,(H2,16,20). The van der Waals surface area contributed by atoms with Gasteiger partial charge in [-0.2, -0.15) is 5.06 Å². The molecule has 1 unspecified atom stereocenters. The third-order valence-electron chi connectivity index (χ3n) is 2.79. The second-order valence-corrected chi connectivity index (χ2v) is 5.59. The second-order valence-electron chi connectivity index (χ2n) is 4.39. The van der Waals surface area contributed by atoms with E-state index in [0.29, 0.717) is 17.2 Å². The molecule has 0 spiro atoms. The van der Waals surface area contributed by atoms with Gasteiger partial charge in [-0.05, 0) is 24.3 Å². The molecular formula is C15H15N3O3S. The van der Waals surface area contributed by atoms with Crippen molar-refractivity contribution in [3.63, 3.8) is 0 Å². The van der Waals surface area contributed by atoms with Gasteiger partial charge in [-0.15, -0.1) is 11.3 Å². The average Bonchev–Trinajstić information content (AvgIpc) is 3.00. The van der Waals surface area contributed by atoms with E-state index in [4.69, 9.17) is 10.9 Å². The Balaban J connectivity index is 1.95. The number of amides is 2. The molecule has 114 valence electrons. The summed E-state index contributed by atoms with van der Waals surface area (Å²) in [5, 5.41) is 19.6. The number of aliphatic hydroxyl groups excluding tert-OH is 1. The molecule has 2 heterocycles. The van der Waals surface area contributed by atoms with Crippen LogP contribution in [0.4, 0.5) is 4.79 Å². The minimum absolute atomic E-state index is 0.135. The van der Waals surface area contributed by atoms with E-state index in [-0.39, 0.29) is 6.54 Å². The quantitative estimate of drug-likeness (QED) is 0.452. The average molecular weight is 317 g/mol. The number of aromatic nitrogens is 1. The Kier molecular flexibility index (Phi) is 5.49. The van der Waals surface area contributed by atoms with Crippen molar-refractivity contribution in [1.82, 2.24) is 10.0 Å². The molecule has 0 aliphatic heterocycles. The topological polar surface area (TPSA) is 99.7 Å². The maximum absolute atomic E-state index is 10.6. The van der Waals surface area contributed by atoms with Crippen LogP contribution in [0.15, 0.2) is 36.5 Å². The number of hydroxylamine groups is 2. The number of carbonyl (C=O) groups excluding carboxylic acids is 1. The first-order chi connectivity index (χ1) is 10.6. The van der Waals surface area contributed by atoms with Gasteiger partial charge in [-0.25, -0.2) is 4.79 Å². The Hall–Kier alpha value is -2.40. The summed E-state index contributed by atoms with van der Waals surface area (Å²) in [6, 6.07) is 8.16. The second kappa shape index (κ2) is 7.56. The molecule has 0 aliphatic carbocycles. The van der Waals surface area contributed by atoms with Crippen molar-refractivity contribution >= 4 is 17.4 Å². The fourth-order valence-corrected chi connectivity index (χ4v) is 2.63. The SMILES string of the molecule is NC(=O)N(O)CC#CCc1ccc(C(O)c2ccccn2)s1. The van der Waals surface area contributed by atoms with Gasteiger partial charge < -0.3 is 10.8 Å². The van der Waals surface area contributed by atoms with Crippen LogP contribution in [0, 0.1) is 11.8 Å². The predicted molar refractivity (Wildman–Crippen MR) is 82.2 cm³/mol. The van der Waals surface area contributed by atoms with E-state index >= 15 is 0 Å². The van der Waals surface area contributed by atoms with Crippen molar-refractivity contribution in [2.75, 3.05) is 6.54 Å². The van der Waals surface area contributed by atoms with Gasteiger partial charge in [0.05, 0.1) is 5.69 Å². The van der Waals surface area contributed by atoms with Gasteiger partial charge in [0.15, 0.2) is 0 Å². The highest BCUT2D eigenvalue weighted by Crippen LogP contribution is 2.27. The highest BCUT2D eigenvalue weighted by molar-refractivity contribution is 7.12. The lowest BCUT2D eigenvalue weighted by atomic mass is 10.2. The fraction of sp³-hybridized carbons (Fsp3) is 0.200. The molecule has 7 heteroatoms. The largest absolute Gasteiger partial charge is 0.381 e. The zero-order valence-electron chi connectivity index (χ0n) is 11.6. The maximum Gasteiger partial charge on any atom is 0.339 e. The van der Waals surface area contributed by atoms with Gasteiger partial charge in [0.25, 0.3) is 0 Å². The third kappa shape index (κ3) is 4.30. The van der Waals surface area contributed by atoms with Crippen LogP contribution in [-0.4, -0.2) is 32.9 Å². The van der Waals surface area contributed by atoms with E-state index in [1.165, 1.54) is 11.3 Å². The third-order valence-corrected chi connectivity index (χ3v) is 3.93. The molecule has 0 aliphatic rings. The molecular weight excluding hydrogens is 302 g/mol. The fourth-order valence-electron chi connectivity index (χ4n) is 1.68.